The van der Waals surface area contributed by atoms with Crippen LogP contribution in [0.4, 0.5) is 0 Å². The van der Waals surface area contributed by atoms with Crippen LogP contribution < -0.4 is 5.32 Å². The lowest BCUT2D eigenvalue weighted by Gasteiger charge is -2.25. The smallest absolute Gasteiger partial charge is 0.236 e. The quantitative estimate of drug-likeness (QED) is 0.781. The highest BCUT2D eigenvalue weighted by molar-refractivity contribution is 5.78. The van der Waals surface area contributed by atoms with Gasteiger partial charge in [-0.2, -0.15) is 0 Å². The summed E-state index contributed by atoms with van der Waals surface area (Å²) in [5.74, 6) is 1.01. The first-order valence-corrected chi connectivity index (χ1v) is 6.79. The van der Waals surface area contributed by atoms with Gasteiger partial charge in [0.25, 0.3) is 0 Å². The summed E-state index contributed by atoms with van der Waals surface area (Å²) in [4.78, 5) is 16.2. The topological polar surface area (TPSA) is 35.6 Å². The van der Waals surface area contributed by atoms with Crippen molar-refractivity contribution in [1.29, 1.82) is 0 Å². The van der Waals surface area contributed by atoms with E-state index in [-0.39, 0.29) is 5.91 Å². The third-order valence-electron chi connectivity index (χ3n) is 4.20. The molecule has 0 aromatic rings. The van der Waals surface area contributed by atoms with Gasteiger partial charge in [0.15, 0.2) is 0 Å². The molecule has 1 amide bonds. The summed E-state index contributed by atoms with van der Waals surface area (Å²) < 4.78 is 0. The Bertz CT molecular complexity index is 266. The summed E-state index contributed by atoms with van der Waals surface area (Å²) in [6.07, 6.45) is 2.61. The van der Waals surface area contributed by atoms with Crippen LogP contribution in [0.3, 0.4) is 0 Å². The van der Waals surface area contributed by atoms with Crippen molar-refractivity contribution in [2.45, 2.75) is 38.8 Å². The molecular formula is C13H25N3O. The lowest BCUT2D eigenvalue weighted by atomic mass is 9.94. The summed E-state index contributed by atoms with van der Waals surface area (Å²) in [7, 11) is 1.90. The highest BCUT2D eigenvalue weighted by Gasteiger charge is 2.35. The minimum Gasteiger partial charge on any atom is -0.342 e. The molecule has 2 rings (SSSR count). The van der Waals surface area contributed by atoms with Crippen LogP contribution in [0, 0.1) is 5.92 Å². The molecule has 1 N–H and O–H groups in total. The number of hydrogen-bond acceptors (Lipinski definition) is 3. The number of amides is 1. The fraction of sp³-hybridized carbons (Fsp3) is 0.923. The van der Waals surface area contributed by atoms with Gasteiger partial charge in [-0.15, -0.1) is 0 Å². The van der Waals surface area contributed by atoms with Crippen LogP contribution in [-0.2, 0) is 4.79 Å². The molecule has 4 heteroatoms. The highest BCUT2D eigenvalue weighted by Crippen LogP contribution is 2.24. The first-order chi connectivity index (χ1) is 8.08. The highest BCUT2D eigenvalue weighted by atomic mass is 16.2. The van der Waals surface area contributed by atoms with Gasteiger partial charge >= 0.3 is 0 Å². The maximum atomic E-state index is 12.0. The molecular weight excluding hydrogens is 214 g/mol. The minimum atomic E-state index is 0.249. The molecule has 98 valence electrons. The van der Waals surface area contributed by atoms with Crippen molar-refractivity contribution in [3.63, 3.8) is 0 Å². The first kappa shape index (κ1) is 12.8. The largest absolute Gasteiger partial charge is 0.342 e. The first-order valence-electron chi connectivity index (χ1n) is 6.79. The Hall–Kier alpha value is -0.610. The maximum absolute atomic E-state index is 12.0. The Kier molecular flexibility index (Phi) is 4.05. The molecule has 4 nitrogen and oxygen atoms in total. The van der Waals surface area contributed by atoms with Gasteiger partial charge in [-0.25, -0.2) is 0 Å². The predicted octanol–water partition coefficient (Wildman–Crippen LogP) is 0.537. The zero-order valence-electron chi connectivity index (χ0n) is 11.3. The number of nitrogens with zero attached hydrogens (tertiary/aromatic N) is 2. The van der Waals surface area contributed by atoms with Gasteiger partial charge in [0.05, 0.1) is 6.54 Å². The van der Waals surface area contributed by atoms with Crippen LogP contribution in [0.25, 0.3) is 0 Å². The molecule has 2 fully saturated rings. The number of piperidine rings is 1. The fourth-order valence-electron chi connectivity index (χ4n) is 2.86. The number of likely N-dealkylation sites (N-methyl/N-ethyl adjacent to an activating group) is 1. The monoisotopic (exact) mass is 239 g/mol. The van der Waals surface area contributed by atoms with Crippen LogP contribution in [0.5, 0.6) is 0 Å². The zero-order valence-corrected chi connectivity index (χ0v) is 11.3. The van der Waals surface area contributed by atoms with E-state index in [0.717, 1.165) is 25.6 Å². The Morgan fingerprint density at radius 2 is 2.24 bits per heavy atom. The number of likely N-dealkylation sites (tertiary alicyclic amines) is 1. The molecule has 2 aliphatic heterocycles. The molecule has 0 unspecified atom stereocenters. The molecule has 0 aromatic carbocycles. The third-order valence-corrected chi connectivity index (χ3v) is 4.20. The van der Waals surface area contributed by atoms with Crippen molar-refractivity contribution < 1.29 is 4.79 Å². The van der Waals surface area contributed by atoms with Crippen LogP contribution in [0.15, 0.2) is 0 Å². The van der Waals surface area contributed by atoms with E-state index in [9.17, 15) is 4.79 Å². The summed E-state index contributed by atoms with van der Waals surface area (Å²) in [6, 6.07) is 0.923. The van der Waals surface area contributed by atoms with Crippen molar-refractivity contribution in [3.8, 4) is 0 Å². The second-order valence-corrected chi connectivity index (χ2v) is 5.76. The van der Waals surface area contributed by atoms with E-state index < -0.39 is 0 Å². The number of nitrogens with one attached hydrogen (secondary N) is 1. The van der Waals surface area contributed by atoms with Gasteiger partial charge in [0, 0.05) is 32.2 Å². The summed E-state index contributed by atoms with van der Waals surface area (Å²) in [5.41, 5.74) is 0. The number of carbonyl (C=O) groups excluding carboxylic acids is 1. The molecule has 0 bridgehead atoms. The zero-order chi connectivity index (χ0) is 12.4. The summed E-state index contributed by atoms with van der Waals surface area (Å²) in [6.45, 7) is 7.99. The molecule has 2 atom stereocenters. The molecule has 0 aliphatic carbocycles. The van der Waals surface area contributed by atoms with Crippen molar-refractivity contribution in [1.82, 2.24) is 15.1 Å². The minimum absolute atomic E-state index is 0.249. The normalized spacial score (nSPS) is 29.4. The SMILES string of the molecule is CC(C)N(C)C(=O)CN1C[C@@H]2CCCN[C@@H]2C1. The average molecular weight is 239 g/mol. The number of rotatable bonds is 3. The fourth-order valence-corrected chi connectivity index (χ4v) is 2.86. The predicted molar refractivity (Wildman–Crippen MR) is 68.9 cm³/mol. The molecule has 0 saturated carbocycles. The second-order valence-electron chi connectivity index (χ2n) is 5.76. The lowest BCUT2D eigenvalue weighted by Crippen LogP contribution is -2.42. The molecule has 17 heavy (non-hydrogen) atoms. The Balaban J connectivity index is 1.82. The van der Waals surface area contributed by atoms with E-state index in [2.05, 4.69) is 24.1 Å². The van der Waals surface area contributed by atoms with Crippen LogP contribution in [-0.4, -0.2) is 61.0 Å². The number of fused-ring (bicyclic) bond motifs is 1. The molecule has 2 heterocycles. The van der Waals surface area contributed by atoms with E-state index in [4.69, 9.17) is 0 Å². The lowest BCUT2D eigenvalue weighted by molar-refractivity contribution is -0.132. The Labute approximate surface area is 104 Å². The van der Waals surface area contributed by atoms with Gasteiger partial charge in [-0.3, -0.25) is 9.69 Å². The Morgan fingerprint density at radius 3 is 2.88 bits per heavy atom. The van der Waals surface area contributed by atoms with Gasteiger partial charge in [0.2, 0.25) is 5.91 Å². The average Bonchev–Trinajstić information content (AvgIpc) is 2.69. The standard InChI is InChI=1S/C13H25N3O/c1-10(2)15(3)13(17)9-16-7-11-5-4-6-14-12(11)8-16/h10-12,14H,4-9H2,1-3H3/t11-,12+/m0/s1. The van der Waals surface area contributed by atoms with Gasteiger partial charge < -0.3 is 10.2 Å². The van der Waals surface area contributed by atoms with Gasteiger partial charge in [-0.1, -0.05) is 0 Å². The second kappa shape index (κ2) is 5.36. The van der Waals surface area contributed by atoms with Crippen LogP contribution in [0.2, 0.25) is 0 Å². The molecule has 2 saturated heterocycles. The van der Waals surface area contributed by atoms with E-state index in [0.29, 0.717) is 18.6 Å². The van der Waals surface area contributed by atoms with Crippen molar-refractivity contribution in [3.05, 3.63) is 0 Å². The van der Waals surface area contributed by atoms with Gasteiger partial charge in [0.1, 0.15) is 0 Å². The molecule has 2 aliphatic rings. The van der Waals surface area contributed by atoms with E-state index in [1.807, 2.05) is 11.9 Å². The van der Waals surface area contributed by atoms with E-state index in [1.54, 1.807) is 0 Å². The molecule has 0 spiro atoms. The molecule has 0 aromatic heterocycles. The van der Waals surface area contributed by atoms with Crippen molar-refractivity contribution in [2.24, 2.45) is 5.92 Å². The summed E-state index contributed by atoms with van der Waals surface area (Å²) in [5, 5.41) is 3.57. The van der Waals surface area contributed by atoms with Gasteiger partial charge in [-0.05, 0) is 39.2 Å². The third kappa shape index (κ3) is 2.99. The van der Waals surface area contributed by atoms with Crippen LogP contribution >= 0.6 is 0 Å². The molecule has 0 radical (unpaired) electrons. The number of hydrogen-bond donors (Lipinski definition) is 1. The van der Waals surface area contributed by atoms with E-state index >= 15 is 0 Å². The van der Waals surface area contributed by atoms with Crippen molar-refractivity contribution >= 4 is 5.91 Å². The number of carbonyl (C=O) groups is 1. The van der Waals surface area contributed by atoms with Crippen LogP contribution in [0.1, 0.15) is 26.7 Å². The maximum Gasteiger partial charge on any atom is 0.236 e. The Morgan fingerprint density at radius 1 is 1.47 bits per heavy atom. The van der Waals surface area contributed by atoms with Crippen molar-refractivity contribution in [2.75, 3.05) is 33.2 Å². The van der Waals surface area contributed by atoms with E-state index in [1.165, 1.54) is 12.8 Å². The summed E-state index contributed by atoms with van der Waals surface area (Å²) >= 11 is 0.